The van der Waals surface area contributed by atoms with Gasteiger partial charge in [0.1, 0.15) is 5.69 Å². The molecule has 1 aromatic carbocycles. The summed E-state index contributed by atoms with van der Waals surface area (Å²) in [4.78, 5) is 15.2. The number of aromatic nitrogens is 1. The van der Waals surface area contributed by atoms with Crippen molar-refractivity contribution in [1.82, 2.24) is 10.3 Å². The maximum Gasteiger partial charge on any atom is 0.267 e. The van der Waals surface area contributed by atoms with Gasteiger partial charge in [-0.05, 0) is 31.5 Å². The van der Waals surface area contributed by atoms with Crippen LogP contribution in [0.15, 0.2) is 24.3 Å². The number of amides is 1. The SMILES string of the molecule is CCCCCCNC(=O)c1cc2cc(C)ccc2[nH]1. The van der Waals surface area contributed by atoms with Crippen LogP contribution in [-0.2, 0) is 0 Å². The van der Waals surface area contributed by atoms with Crippen LogP contribution in [0.2, 0.25) is 0 Å². The van der Waals surface area contributed by atoms with E-state index in [1.54, 1.807) is 0 Å². The number of rotatable bonds is 6. The molecule has 0 radical (unpaired) electrons. The number of fused-ring (bicyclic) bond motifs is 1. The largest absolute Gasteiger partial charge is 0.351 e. The second-order valence-corrected chi connectivity index (χ2v) is 5.09. The van der Waals surface area contributed by atoms with Gasteiger partial charge in [0.2, 0.25) is 0 Å². The number of carbonyl (C=O) groups excluding carboxylic acids is 1. The van der Waals surface area contributed by atoms with Crippen LogP contribution in [0, 0.1) is 6.92 Å². The quantitative estimate of drug-likeness (QED) is 0.761. The monoisotopic (exact) mass is 258 g/mol. The van der Waals surface area contributed by atoms with Crippen LogP contribution < -0.4 is 5.32 Å². The van der Waals surface area contributed by atoms with E-state index in [2.05, 4.69) is 30.2 Å². The van der Waals surface area contributed by atoms with E-state index in [9.17, 15) is 4.79 Å². The Morgan fingerprint density at radius 1 is 1.21 bits per heavy atom. The molecule has 0 aliphatic rings. The third-order valence-electron chi connectivity index (χ3n) is 3.34. The van der Waals surface area contributed by atoms with Gasteiger partial charge in [0, 0.05) is 17.4 Å². The van der Waals surface area contributed by atoms with E-state index in [1.807, 2.05) is 18.2 Å². The van der Waals surface area contributed by atoms with Crippen LogP contribution in [-0.4, -0.2) is 17.4 Å². The smallest absolute Gasteiger partial charge is 0.267 e. The summed E-state index contributed by atoms with van der Waals surface area (Å²) in [6.07, 6.45) is 4.69. The van der Waals surface area contributed by atoms with Gasteiger partial charge in [0.05, 0.1) is 0 Å². The van der Waals surface area contributed by atoms with Crippen molar-refractivity contribution in [3.05, 3.63) is 35.5 Å². The van der Waals surface area contributed by atoms with Gasteiger partial charge in [0.15, 0.2) is 0 Å². The van der Waals surface area contributed by atoms with E-state index in [0.29, 0.717) is 5.69 Å². The molecule has 0 spiro atoms. The molecular formula is C16H22N2O. The minimum absolute atomic E-state index is 0.00893. The number of benzene rings is 1. The number of nitrogens with one attached hydrogen (secondary N) is 2. The van der Waals surface area contributed by atoms with Gasteiger partial charge < -0.3 is 10.3 Å². The van der Waals surface area contributed by atoms with Crippen molar-refractivity contribution in [2.24, 2.45) is 0 Å². The molecular weight excluding hydrogens is 236 g/mol. The van der Waals surface area contributed by atoms with E-state index in [4.69, 9.17) is 0 Å². The fourth-order valence-electron chi connectivity index (χ4n) is 2.22. The lowest BCUT2D eigenvalue weighted by Gasteiger charge is -2.02. The first-order valence-electron chi connectivity index (χ1n) is 7.08. The molecule has 3 nitrogen and oxygen atoms in total. The minimum Gasteiger partial charge on any atom is -0.351 e. The van der Waals surface area contributed by atoms with Crippen molar-refractivity contribution in [2.45, 2.75) is 39.5 Å². The van der Waals surface area contributed by atoms with E-state index in [0.717, 1.165) is 23.9 Å². The summed E-state index contributed by atoms with van der Waals surface area (Å²) >= 11 is 0. The molecule has 3 heteroatoms. The summed E-state index contributed by atoms with van der Waals surface area (Å²) in [5.74, 6) is -0.00893. The second-order valence-electron chi connectivity index (χ2n) is 5.09. The van der Waals surface area contributed by atoms with Gasteiger partial charge in [-0.1, -0.05) is 37.8 Å². The number of aryl methyl sites for hydroxylation is 1. The fraction of sp³-hybridized carbons (Fsp3) is 0.438. The van der Waals surface area contributed by atoms with E-state index >= 15 is 0 Å². The molecule has 0 fully saturated rings. The number of H-pyrrole nitrogens is 1. The molecule has 2 rings (SSSR count). The van der Waals surface area contributed by atoms with E-state index in [-0.39, 0.29) is 5.91 Å². The topological polar surface area (TPSA) is 44.9 Å². The lowest BCUT2D eigenvalue weighted by molar-refractivity contribution is 0.0949. The zero-order valence-corrected chi connectivity index (χ0v) is 11.8. The number of hydrogen-bond acceptors (Lipinski definition) is 1. The zero-order valence-electron chi connectivity index (χ0n) is 11.8. The number of unbranched alkanes of at least 4 members (excludes halogenated alkanes) is 3. The van der Waals surface area contributed by atoms with Crippen molar-refractivity contribution < 1.29 is 4.79 Å². The third-order valence-corrected chi connectivity index (χ3v) is 3.34. The molecule has 0 saturated heterocycles. The highest BCUT2D eigenvalue weighted by molar-refractivity contribution is 5.98. The molecule has 1 heterocycles. The van der Waals surface area contributed by atoms with Gasteiger partial charge in [-0.25, -0.2) is 0 Å². The van der Waals surface area contributed by atoms with Gasteiger partial charge in [0.25, 0.3) is 5.91 Å². The highest BCUT2D eigenvalue weighted by Crippen LogP contribution is 2.16. The molecule has 2 aromatic rings. The Kier molecular flexibility index (Phi) is 4.61. The number of hydrogen-bond donors (Lipinski definition) is 2. The van der Waals surface area contributed by atoms with Crippen LogP contribution in [0.3, 0.4) is 0 Å². The Morgan fingerprint density at radius 2 is 2.05 bits per heavy atom. The molecule has 0 aliphatic carbocycles. The molecule has 2 N–H and O–H groups in total. The van der Waals surface area contributed by atoms with Crippen LogP contribution in [0.1, 0.15) is 48.7 Å². The van der Waals surface area contributed by atoms with Crippen LogP contribution in [0.5, 0.6) is 0 Å². The van der Waals surface area contributed by atoms with Crippen LogP contribution in [0.4, 0.5) is 0 Å². The van der Waals surface area contributed by atoms with Gasteiger partial charge in [-0.3, -0.25) is 4.79 Å². The Labute approximate surface area is 114 Å². The fourth-order valence-corrected chi connectivity index (χ4v) is 2.22. The molecule has 0 atom stereocenters. The Hall–Kier alpha value is -1.77. The highest BCUT2D eigenvalue weighted by atomic mass is 16.1. The molecule has 102 valence electrons. The summed E-state index contributed by atoms with van der Waals surface area (Å²) in [6.45, 7) is 5.00. The molecule has 0 unspecified atom stereocenters. The molecule has 1 amide bonds. The molecule has 0 aliphatic heterocycles. The molecule has 0 saturated carbocycles. The first-order valence-corrected chi connectivity index (χ1v) is 7.08. The first-order chi connectivity index (χ1) is 9.20. The average molecular weight is 258 g/mol. The Bertz CT molecular complexity index is 557. The standard InChI is InChI=1S/C16H22N2O/c1-3-4-5-6-9-17-16(19)15-11-13-10-12(2)7-8-14(13)18-15/h7-8,10-11,18H,3-6,9H2,1-2H3,(H,17,19). The predicted octanol–water partition coefficient (Wildman–Crippen LogP) is 3.79. The Morgan fingerprint density at radius 3 is 2.84 bits per heavy atom. The zero-order chi connectivity index (χ0) is 13.7. The van der Waals surface area contributed by atoms with Crippen LogP contribution in [0.25, 0.3) is 10.9 Å². The average Bonchev–Trinajstić information content (AvgIpc) is 2.81. The number of carbonyl (C=O) groups is 1. The first kappa shape index (κ1) is 13.7. The van der Waals surface area contributed by atoms with Gasteiger partial charge >= 0.3 is 0 Å². The van der Waals surface area contributed by atoms with Crippen molar-refractivity contribution in [3.63, 3.8) is 0 Å². The van der Waals surface area contributed by atoms with Crippen molar-refractivity contribution in [3.8, 4) is 0 Å². The van der Waals surface area contributed by atoms with Gasteiger partial charge in [-0.2, -0.15) is 0 Å². The summed E-state index contributed by atoms with van der Waals surface area (Å²) in [7, 11) is 0. The van der Waals surface area contributed by atoms with Crippen molar-refractivity contribution >= 4 is 16.8 Å². The molecule has 0 bridgehead atoms. The summed E-state index contributed by atoms with van der Waals surface area (Å²) in [5.41, 5.74) is 2.87. The minimum atomic E-state index is -0.00893. The molecule has 19 heavy (non-hydrogen) atoms. The highest BCUT2D eigenvalue weighted by Gasteiger charge is 2.08. The van der Waals surface area contributed by atoms with Crippen LogP contribution >= 0.6 is 0 Å². The second kappa shape index (κ2) is 6.41. The third kappa shape index (κ3) is 3.60. The maximum absolute atomic E-state index is 12.0. The maximum atomic E-state index is 12.0. The number of aromatic amines is 1. The lowest BCUT2D eigenvalue weighted by Crippen LogP contribution is -2.24. The summed E-state index contributed by atoms with van der Waals surface area (Å²) < 4.78 is 0. The summed E-state index contributed by atoms with van der Waals surface area (Å²) in [6, 6.07) is 8.07. The van der Waals surface area contributed by atoms with Gasteiger partial charge in [-0.15, -0.1) is 0 Å². The Balaban J connectivity index is 1.94. The lowest BCUT2D eigenvalue weighted by atomic mass is 10.2. The predicted molar refractivity (Wildman–Crippen MR) is 79.5 cm³/mol. The van der Waals surface area contributed by atoms with Crippen molar-refractivity contribution in [2.75, 3.05) is 6.54 Å². The van der Waals surface area contributed by atoms with Crippen molar-refractivity contribution in [1.29, 1.82) is 0 Å². The normalized spacial score (nSPS) is 10.8. The molecule has 1 aromatic heterocycles. The summed E-state index contributed by atoms with van der Waals surface area (Å²) in [5, 5.41) is 4.06. The van der Waals surface area contributed by atoms with E-state index < -0.39 is 0 Å². The van der Waals surface area contributed by atoms with E-state index in [1.165, 1.54) is 24.8 Å².